The van der Waals surface area contributed by atoms with Crippen LogP contribution in [-0.2, 0) is 4.79 Å². The first kappa shape index (κ1) is 15.5. The second kappa shape index (κ2) is 6.40. The number of pyridine rings is 1. The number of piperidine rings is 1. The molecule has 3 rings (SSSR count). The molecule has 0 bridgehead atoms. The third-order valence-electron chi connectivity index (χ3n) is 4.27. The molecule has 1 atom stereocenters. The highest BCUT2D eigenvalue weighted by atomic mass is 16.2. The Balaban J connectivity index is 1.77. The molecule has 1 unspecified atom stereocenters. The average Bonchev–Trinajstić information content (AvgIpc) is 2.97. The summed E-state index contributed by atoms with van der Waals surface area (Å²) in [4.78, 5) is 30.9. The van der Waals surface area contributed by atoms with E-state index in [4.69, 9.17) is 0 Å². The average molecular weight is 314 g/mol. The van der Waals surface area contributed by atoms with Crippen molar-refractivity contribution >= 4 is 17.5 Å². The van der Waals surface area contributed by atoms with Crippen LogP contribution in [0.4, 0.5) is 0 Å². The summed E-state index contributed by atoms with van der Waals surface area (Å²) in [5.74, 6) is -0.178. The molecule has 0 aromatic carbocycles. The van der Waals surface area contributed by atoms with Gasteiger partial charge in [-0.15, -0.1) is 0 Å². The summed E-state index contributed by atoms with van der Waals surface area (Å²) >= 11 is 0. The number of fused-ring (bicyclic) bond motifs is 1. The van der Waals surface area contributed by atoms with Gasteiger partial charge in [0.15, 0.2) is 0 Å². The lowest BCUT2D eigenvalue weighted by molar-refractivity contribution is -0.126. The summed E-state index contributed by atoms with van der Waals surface area (Å²) < 4.78 is 1.85. The van der Waals surface area contributed by atoms with Crippen molar-refractivity contribution in [3.63, 3.8) is 0 Å². The molecule has 2 amide bonds. The van der Waals surface area contributed by atoms with Crippen LogP contribution in [0.25, 0.3) is 5.65 Å². The molecule has 6 heteroatoms. The van der Waals surface area contributed by atoms with Gasteiger partial charge < -0.3 is 14.6 Å². The first-order valence-corrected chi connectivity index (χ1v) is 8.11. The zero-order valence-electron chi connectivity index (χ0n) is 13.6. The van der Waals surface area contributed by atoms with Crippen LogP contribution in [0.15, 0.2) is 24.5 Å². The Hall–Kier alpha value is -2.37. The van der Waals surface area contributed by atoms with Crippen molar-refractivity contribution in [2.45, 2.75) is 26.7 Å². The zero-order chi connectivity index (χ0) is 16.4. The number of aryl methyl sites for hydroxylation is 1. The number of imidazole rings is 1. The highest BCUT2D eigenvalue weighted by molar-refractivity contribution is 5.93. The number of carbonyl (C=O) groups is 2. The minimum Gasteiger partial charge on any atom is -0.356 e. The Bertz CT molecular complexity index is 737. The lowest BCUT2D eigenvalue weighted by Crippen LogP contribution is -2.45. The Labute approximate surface area is 135 Å². The van der Waals surface area contributed by atoms with E-state index in [0.717, 1.165) is 24.1 Å². The van der Waals surface area contributed by atoms with Gasteiger partial charge in [-0.2, -0.15) is 0 Å². The van der Waals surface area contributed by atoms with Crippen LogP contribution in [0.5, 0.6) is 0 Å². The number of likely N-dealkylation sites (tertiary alicyclic amines) is 1. The summed E-state index contributed by atoms with van der Waals surface area (Å²) in [5.41, 5.74) is 2.31. The lowest BCUT2D eigenvalue weighted by Gasteiger charge is -2.31. The topological polar surface area (TPSA) is 66.7 Å². The van der Waals surface area contributed by atoms with Crippen LogP contribution in [0.1, 0.15) is 35.8 Å². The molecule has 1 fully saturated rings. The van der Waals surface area contributed by atoms with Crippen LogP contribution >= 0.6 is 0 Å². The van der Waals surface area contributed by atoms with Gasteiger partial charge in [-0.05, 0) is 44.4 Å². The van der Waals surface area contributed by atoms with E-state index in [-0.39, 0.29) is 17.7 Å². The van der Waals surface area contributed by atoms with E-state index in [9.17, 15) is 9.59 Å². The fourth-order valence-corrected chi connectivity index (χ4v) is 3.04. The Kier molecular flexibility index (Phi) is 4.32. The predicted octanol–water partition coefficient (Wildman–Crippen LogP) is 1.63. The maximum Gasteiger partial charge on any atom is 0.274 e. The number of hydrogen-bond acceptors (Lipinski definition) is 3. The standard InChI is InChI=1S/C17H22N4O2/c1-3-18-16(22)13-5-4-7-21(10-13)17(23)14-11-20-8-6-12(2)9-15(20)19-14/h6,8-9,11,13H,3-5,7,10H2,1-2H3,(H,18,22). The van der Waals surface area contributed by atoms with Gasteiger partial charge in [-0.1, -0.05) is 0 Å². The second-order valence-electron chi connectivity index (χ2n) is 6.08. The van der Waals surface area contributed by atoms with Gasteiger partial charge in [0.1, 0.15) is 11.3 Å². The predicted molar refractivity (Wildman–Crippen MR) is 87.2 cm³/mol. The maximum atomic E-state index is 12.7. The van der Waals surface area contributed by atoms with Gasteiger partial charge in [0.2, 0.25) is 5.91 Å². The van der Waals surface area contributed by atoms with Crippen molar-refractivity contribution in [2.24, 2.45) is 5.92 Å². The van der Waals surface area contributed by atoms with Crippen molar-refractivity contribution < 1.29 is 9.59 Å². The van der Waals surface area contributed by atoms with Gasteiger partial charge in [0.25, 0.3) is 5.91 Å². The molecule has 23 heavy (non-hydrogen) atoms. The van der Waals surface area contributed by atoms with Crippen molar-refractivity contribution in [1.29, 1.82) is 0 Å². The van der Waals surface area contributed by atoms with Crippen LogP contribution in [0, 0.1) is 12.8 Å². The molecule has 122 valence electrons. The minimum atomic E-state index is -0.119. The van der Waals surface area contributed by atoms with E-state index >= 15 is 0 Å². The fraction of sp³-hybridized carbons (Fsp3) is 0.471. The smallest absolute Gasteiger partial charge is 0.274 e. The molecule has 1 aliphatic rings. The quantitative estimate of drug-likeness (QED) is 0.936. The summed E-state index contributed by atoms with van der Waals surface area (Å²) in [6.45, 7) is 5.67. The van der Waals surface area contributed by atoms with Crippen LogP contribution < -0.4 is 5.32 Å². The highest BCUT2D eigenvalue weighted by Gasteiger charge is 2.29. The van der Waals surface area contributed by atoms with E-state index in [1.165, 1.54) is 0 Å². The molecule has 0 radical (unpaired) electrons. The lowest BCUT2D eigenvalue weighted by atomic mass is 9.97. The molecule has 1 N–H and O–H groups in total. The Morgan fingerprint density at radius 2 is 2.26 bits per heavy atom. The first-order chi connectivity index (χ1) is 11.1. The number of hydrogen-bond donors (Lipinski definition) is 1. The van der Waals surface area contributed by atoms with Gasteiger partial charge in [0.05, 0.1) is 5.92 Å². The second-order valence-corrected chi connectivity index (χ2v) is 6.08. The maximum absolute atomic E-state index is 12.7. The molecule has 3 heterocycles. The molecule has 2 aromatic rings. The number of amides is 2. The summed E-state index contributed by atoms with van der Waals surface area (Å²) in [6.07, 6.45) is 5.34. The van der Waals surface area contributed by atoms with E-state index in [1.54, 1.807) is 11.1 Å². The minimum absolute atomic E-state index is 0.0376. The number of carbonyl (C=O) groups excluding carboxylic acids is 2. The number of aromatic nitrogens is 2. The zero-order valence-corrected chi connectivity index (χ0v) is 13.6. The van der Waals surface area contributed by atoms with Crippen molar-refractivity contribution in [1.82, 2.24) is 19.6 Å². The van der Waals surface area contributed by atoms with Crippen LogP contribution in [-0.4, -0.2) is 45.7 Å². The molecule has 0 saturated carbocycles. The molecule has 1 saturated heterocycles. The van der Waals surface area contributed by atoms with E-state index in [0.29, 0.717) is 25.3 Å². The molecule has 1 aliphatic heterocycles. The number of nitrogens with one attached hydrogen (secondary N) is 1. The van der Waals surface area contributed by atoms with E-state index in [1.807, 2.05) is 36.6 Å². The molecular formula is C17H22N4O2. The SMILES string of the molecule is CCNC(=O)C1CCCN(C(=O)c2cn3ccc(C)cc3n2)C1. The summed E-state index contributed by atoms with van der Waals surface area (Å²) in [5, 5.41) is 2.85. The van der Waals surface area contributed by atoms with Gasteiger partial charge in [-0.25, -0.2) is 4.98 Å². The monoisotopic (exact) mass is 314 g/mol. The molecule has 0 spiro atoms. The van der Waals surface area contributed by atoms with Gasteiger partial charge in [0, 0.05) is 32.0 Å². The molecule has 2 aromatic heterocycles. The van der Waals surface area contributed by atoms with Crippen LogP contribution in [0.3, 0.4) is 0 Å². The molecule has 0 aliphatic carbocycles. The largest absolute Gasteiger partial charge is 0.356 e. The van der Waals surface area contributed by atoms with Gasteiger partial charge in [-0.3, -0.25) is 9.59 Å². The highest BCUT2D eigenvalue weighted by Crippen LogP contribution is 2.19. The number of nitrogens with zero attached hydrogens (tertiary/aromatic N) is 3. The van der Waals surface area contributed by atoms with Crippen molar-refractivity contribution in [3.05, 3.63) is 35.8 Å². The summed E-state index contributed by atoms with van der Waals surface area (Å²) in [6, 6.07) is 3.93. The first-order valence-electron chi connectivity index (χ1n) is 8.11. The number of rotatable bonds is 3. The fourth-order valence-electron chi connectivity index (χ4n) is 3.04. The van der Waals surface area contributed by atoms with Gasteiger partial charge >= 0.3 is 0 Å². The Morgan fingerprint density at radius 1 is 1.43 bits per heavy atom. The molecular weight excluding hydrogens is 292 g/mol. The van der Waals surface area contributed by atoms with E-state index < -0.39 is 0 Å². The van der Waals surface area contributed by atoms with Crippen LogP contribution in [0.2, 0.25) is 0 Å². The molecule has 6 nitrogen and oxygen atoms in total. The Morgan fingerprint density at radius 3 is 3.04 bits per heavy atom. The third-order valence-corrected chi connectivity index (χ3v) is 4.27. The summed E-state index contributed by atoms with van der Waals surface area (Å²) in [7, 11) is 0. The van der Waals surface area contributed by atoms with E-state index in [2.05, 4.69) is 10.3 Å². The van der Waals surface area contributed by atoms with Crippen molar-refractivity contribution in [3.8, 4) is 0 Å². The van der Waals surface area contributed by atoms with Crippen molar-refractivity contribution in [2.75, 3.05) is 19.6 Å². The third kappa shape index (κ3) is 3.21. The normalized spacial score (nSPS) is 18.2.